The van der Waals surface area contributed by atoms with Crippen molar-refractivity contribution in [2.75, 3.05) is 19.3 Å². The number of nitrogens with zero attached hydrogens (tertiary/aromatic N) is 4. The summed E-state index contributed by atoms with van der Waals surface area (Å²) in [6, 6.07) is 3.64. The van der Waals surface area contributed by atoms with Crippen molar-refractivity contribution in [2.45, 2.75) is 23.8 Å². The minimum absolute atomic E-state index is 0.0546. The van der Waals surface area contributed by atoms with Crippen LogP contribution >= 0.6 is 11.8 Å². The molecule has 110 valence electrons. The second kappa shape index (κ2) is 6.26. The Balaban J connectivity index is 1.68. The number of rotatable bonds is 3. The van der Waals surface area contributed by atoms with Crippen LogP contribution in [0.3, 0.4) is 0 Å². The number of piperidine rings is 1. The molecular weight excluding hydrogens is 288 g/mol. The van der Waals surface area contributed by atoms with Gasteiger partial charge in [0.15, 0.2) is 5.82 Å². The normalized spacial score (nSPS) is 16.1. The van der Waals surface area contributed by atoms with E-state index in [1.165, 1.54) is 18.2 Å². The summed E-state index contributed by atoms with van der Waals surface area (Å²) in [5.74, 6) is 1.08. The first-order valence-corrected chi connectivity index (χ1v) is 8.06. The molecule has 0 unspecified atom stereocenters. The van der Waals surface area contributed by atoms with E-state index in [2.05, 4.69) is 15.1 Å². The molecule has 6 nitrogen and oxygen atoms in total. The van der Waals surface area contributed by atoms with E-state index in [1.54, 1.807) is 12.3 Å². The SMILES string of the molecule is CSc1ncccc1C(=O)N1CCC(c2ncon2)CC1. The van der Waals surface area contributed by atoms with Gasteiger partial charge in [-0.1, -0.05) is 5.16 Å². The van der Waals surface area contributed by atoms with Crippen LogP contribution in [0.2, 0.25) is 0 Å². The average Bonchev–Trinajstić information content (AvgIpc) is 3.09. The second-order valence-corrected chi connectivity index (χ2v) is 5.71. The fourth-order valence-electron chi connectivity index (χ4n) is 2.59. The molecule has 0 radical (unpaired) electrons. The van der Waals surface area contributed by atoms with Gasteiger partial charge in [-0.25, -0.2) is 4.98 Å². The highest BCUT2D eigenvalue weighted by Crippen LogP contribution is 2.27. The smallest absolute Gasteiger partial charge is 0.256 e. The molecule has 3 heterocycles. The number of hydrogen-bond donors (Lipinski definition) is 0. The molecule has 2 aromatic heterocycles. The summed E-state index contributed by atoms with van der Waals surface area (Å²) in [6.07, 6.45) is 6.72. The first-order chi connectivity index (χ1) is 10.3. The topological polar surface area (TPSA) is 72.1 Å². The van der Waals surface area contributed by atoms with E-state index in [9.17, 15) is 4.79 Å². The quantitative estimate of drug-likeness (QED) is 0.810. The predicted molar refractivity (Wildman–Crippen MR) is 78.2 cm³/mol. The van der Waals surface area contributed by atoms with Crippen LogP contribution in [-0.4, -0.2) is 45.3 Å². The van der Waals surface area contributed by atoms with Crippen molar-refractivity contribution >= 4 is 17.7 Å². The number of hydrogen-bond acceptors (Lipinski definition) is 6. The summed E-state index contributed by atoms with van der Waals surface area (Å²) in [6.45, 7) is 1.42. The molecule has 21 heavy (non-hydrogen) atoms. The molecule has 0 saturated carbocycles. The number of carbonyl (C=O) groups is 1. The van der Waals surface area contributed by atoms with Gasteiger partial charge >= 0.3 is 0 Å². The zero-order valence-electron chi connectivity index (χ0n) is 11.7. The third-order valence-electron chi connectivity index (χ3n) is 3.72. The van der Waals surface area contributed by atoms with E-state index < -0.39 is 0 Å². The molecule has 0 bridgehead atoms. The van der Waals surface area contributed by atoms with E-state index in [0.29, 0.717) is 18.7 Å². The molecule has 1 aliphatic rings. The average molecular weight is 304 g/mol. The summed E-state index contributed by atoms with van der Waals surface area (Å²) in [7, 11) is 0. The number of aromatic nitrogens is 3. The van der Waals surface area contributed by atoms with Gasteiger partial charge in [-0.3, -0.25) is 4.79 Å². The van der Waals surface area contributed by atoms with Crippen molar-refractivity contribution in [2.24, 2.45) is 0 Å². The molecule has 1 aliphatic heterocycles. The first-order valence-electron chi connectivity index (χ1n) is 6.84. The van der Waals surface area contributed by atoms with Gasteiger partial charge < -0.3 is 9.42 Å². The van der Waals surface area contributed by atoms with Gasteiger partial charge in [0.2, 0.25) is 6.39 Å². The molecule has 3 rings (SSSR count). The predicted octanol–water partition coefficient (Wildman–Crippen LogP) is 2.21. The Bertz CT molecular complexity index is 609. The van der Waals surface area contributed by atoms with Crippen LogP contribution in [-0.2, 0) is 0 Å². The van der Waals surface area contributed by atoms with E-state index in [0.717, 1.165) is 23.7 Å². The Labute approximate surface area is 126 Å². The molecule has 0 spiro atoms. The number of carbonyl (C=O) groups excluding carboxylic acids is 1. The maximum absolute atomic E-state index is 12.6. The van der Waals surface area contributed by atoms with Gasteiger partial charge in [0.05, 0.1) is 5.56 Å². The molecule has 0 N–H and O–H groups in total. The first kappa shape index (κ1) is 14.1. The zero-order valence-corrected chi connectivity index (χ0v) is 12.5. The molecule has 0 aromatic carbocycles. The van der Waals surface area contributed by atoms with Crippen molar-refractivity contribution in [1.29, 1.82) is 0 Å². The number of thioether (sulfide) groups is 1. The summed E-state index contributed by atoms with van der Waals surface area (Å²) in [4.78, 5) is 22.8. The Morgan fingerprint density at radius 1 is 1.38 bits per heavy atom. The van der Waals surface area contributed by atoms with E-state index in [-0.39, 0.29) is 11.8 Å². The minimum atomic E-state index is 0.0546. The molecule has 7 heteroatoms. The number of likely N-dealkylation sites (tertiary alicyclic amines) is 1. The lowest BCUT2D eigenvalue weighted by Gasteiger charge is -2.30. The van der Waals surface area contributed by atoms with Crippen LogP contribution in [0.5, 0.6) is 0 Å². The van der Waals surface area contributed by atoms with Crippen LogP contribution in [0.4, 0.5) is 0 Å². The van der Waals surface area contributed by atoms with Gasteiger partial charge in [0.25, 0.3) is 5.91 Å². The van der Waals surface area contributed by atoms with Crippen LogP contribution in [0.1, 0.15) is 34.9 Å². The molecule has 1 saturated heterocycles. The summed E-state index contributed by atoms with van der Waals surface area (Å²) >= 11 is 1.50. The largest absolute Gasteiger partial charge is 0.343 e. The Morgan fingerprint density at radius 3 is 2.86 bits per heavy atom. The van der Waals surface area contributed by atoms with E-state index >= 15 is 0 Å². The van der Waals surface area contributed by atoms with Gasteiger partial charge in [0.1, 0.15) is 5.03 Å². The fourth-order valence-corrected chi connectivity index (χ4v) is 3.13. The van der Waals surface area contributed by atoms with Crippen LogP contribution in [0.25, 0.3) is 0 Å². The lowest BCUT2D eigenvalue weighted by Crippen LogP contribution is -2.38. The van der Waals surface area contributed by atoms with Gasteiger partial charge in [-0.15, -0.1) is 11.8 Å². The van der Waals surface area contributed by atoms with E-state index in [4.69, 9.17) is 4.52 Å². The van der Waals surface area contributed by atoms with Crippen molar-refractivity contribution in [3.8, 4) is 0 Å². The van der Waals surface area contributed by atoms with E-state index in [1.807, 2.05) is 17.2 Å². The Kier molecular flexibility index (Phi) is 4.19. The maximum Gasteiger partial charge on any atom is 0.256 e. The Morgan fingerprint density at radius 2 is 2.19 bits per heavy atom. The molecule has 2 aromatic rings. The number of amides is 1. The van der Waals surface area contributed by atoms with Gasteiger partial charge in [0, 0.05) is 25.2 Å². The molecule has 0 atom stereocenters. The summed E-state index contributed by atoms with van der Waals surface area (Å²) in [5, 5.41) is 4.67. The molecule has 1 amide bonds. The monoisotopic (exact) mass is 304 g/mol. The zero-order chi connectivity index (χ0) is 14.7. The van der Waals surface area contributed by atoms with Crippen LogP contribution < -0.4 is 0 Å². The highest BCUT2D eigenvalue weighted by molar-refractivity contribution is 7.98. The highest BCUT2D eigenvalue weighted by Gasteiger charge is 2.27. The third-order valence-corrected chi connectivity index (χ3v) is 4.43. The second-order valence-electron chi connectivity index (χ2n) is 4.92. The van der Waals surface area contributed by atoms with Crippen molar-refractivity contribution in [3.05, 3.63) is 36.1 Å². The lowest BCUT2D eigenvalue weighted by molar-refractivity contribution is 0.0706. The summed E-state index contributed by atoms with van der Waals surface area (Å²) < 4.78 is 4.79. The van der Waals surface area contributed by atoms with Gasteiger partial charge in [-0.2, -0.15) is 4.98 Å². The highest BCUT2D eigenvalue weighted by atomic mass is 32.2. The molecular formula is C14H16N4O2S. The number of pyridine rings is 1. The maximum atomic E-state index is 12.6. The lowest BCUT2D eigenvalue weighted by atomic mass is 9.96. The van der Waals surface area contributed by atoms with Crippen molar-refractivity contribution in [1.82, 2.24) is 20.0 Å². The summed E-state index contributed by atoms with van der Waals surface area (Å²) in [5.41, 5.74) is 0.683. The third kappa shape index (κ3) is 2.92. The Hall–Kier alpha value is -1.89. The van der Waals surface area contributed by atoms with Crippen molar-refractivity contribution < 1.29 is 9.32 Å². The minimum Gasteiger partial charge on any atom is -0.343 e. The van der Waals surface area contributed by atoms with Crippen LogP contribution in [0.15, 0.2) is 34.3 Å². The molecule has 0 aliphatic carbocycles. The van der Waals surface area contributed by atoms with Gasteiger partial charge in [-0.05, 0) is 31.2 Å². The molecule has 1 fully saturated rings. The van der Waals surface area contributed by atoms with Crippen LogP contribution in [0, 0.1) is 0 Å². The fraction of sp³-hybridized carbons (Fsp3) is 0.429. The standard InChI is InChI=1S/C14H16N4O2S/c1-21-13-11(3-2-6-15-13)14(19)18-7-4-10(5-8-18)12-16-9-20-17-12/h2-3,6,9-10H,4-5,7-8H2,1H3. The van der Waals surface area contributed by atoms with Crippen molar-refractivity contribution in [3.63, 3.8) is 0 Å².